The number of rotatable bonds is 3. The zero-order chi connectivity index (χ0) is 11.2. The second-order valence-electron chi connectivity index (χ2n) is 4.25. The normalized spacial score (nSPS) is 49.3. The van der Waals surface area contributed by atoms with Gasteiger partial charge in [-0.1, -0.05) is 5.11 Å². The van der Waals surface area contributed by atoms with E-state index >= 15 is 0 Å². The summed E-state index contributed by atoms with van der Waals surface area (Å²) in [6.45, 7) is -0.469. The maximum absolute atomic E-state index is 9.75. The molecule has 2 aliphatic carbocycles. The van der Waals surface area contributed by atoms with E-state index in [-0.39, 0.29) is 5.92 Å². The minimum Gasteiger partial charge on any atom is -0.394 e. The van der Waals surface area contributed by atoms with Crippen LogP contribution >= 0.6 is 0 Å². The molecule has 0 aromatic heterocycles. The third-order valence-corrected chi connectivity index (χ3v) is 3.72. The average molecular weight is 215 g/mol. The smallest absolute Gasteiger partial charge is 0.0893 e. The van der Waals surface area contributed by atoms with Gasteiger partial charge in [0.15, 0.2) is 0 Å². The molecule has 4 N–H and O–H groups in total. The minimum atomic E-state index is -1.15. The van der Waals surface area contributed by atoms with Crippen LogP contribution in [-0.2, 0) is 0 Å². The van der Waals surface area contributed by atoms with Gasteiger partial charge in [-0.2, -0.15) is 0 Å². The molecular weight excluding hydrogens is 202 g/mol. The van der Waals surface area contributed by atoms with Gasteiger partial charge in [0.1, 0.15) is 0 Å². The van der Waals surface area contributed by atoms with Gasteiger partial charge in [0, 0.05) is 10.3 Å². The molecular formula is C8H13N3O4. The summed E-state index contributed by atoms with van der Waals surface area (Å²) < 4.78 is 0. The molecule has 7 nitrogen and oxygen atoms in total. The second kappa shape index (κ2) is 3.33. The highest BCUT2D eigenvalue weighted by Crippen LogP contribution is 2.66. The van der Waals surface area contributed by atoms with E-state index in [1.54, 1.807) is 0 Å². The van der Waals surface area contributed by atoms with E-state index in [2.05, 4.69) is 10.0 Å². The van der Waals surface area contributed by atoms with E-state index in [0.717, 1.165) is 0 Å². The molecule has 0 amide bonds. The van der Waals surface area contributed by atoms with E-state index in [0.29, 0.717) is 6.42 Å². The summed E-state index contributed by atoms with van der Waals surface area (Å²) in [5.74, 6) is -0.236. The zero-order valence-corrected chi connectivity index (χ0v) is 7.93. The minimum absolute atomic E-state index is 0.236. The van der Waals surface area contributed by atoms with Crippen LogP contribution in [0.3, 0.4) is 0 Å². The molecule has 15 heavy (non-hydrogen) atoms. The van der Waals surface area contributed by atoms with Crippen LogP contribution in [0.15, 0.2) is 5.11 Å². The van der Waals surface area contributed by atoms with Gasteiger partial charge in [-0.05, 0) is 17.9 Å². The fourth-order valence-electron chi connectivity index (χ4n) is 2.80. The summed E-state index contributed by atoms with van der Waals surface area (Å²) in [6.07, 6.45) is -2.90. The van der Waals surface area contributed by atoms with Gasteiger partial charge in [-0.25, -0.2) is 0 Å². The van der Waals surface area contributed by atoms with Gasteiger partial charge >= 0.3 is 0 Å². The highest BCUT2D eigenvalue weighted by Gasteiger charge is 2.73. The number of hydrogen-bond acceptors (Lipinski definition) is 5. The van der Waals surface area contributed by atoms with E-state index in [4.69, 9.17) is 10.6 Å². The molecule has 0 aliphatic heterocycles. The molecule has 6 atom stereocenters. The first-order chi connectivity index (χ1) is 7.09. The third-order valence-electron chi connectivity index (χ3n) is 3.72. The fourth-order valence-corrected chi connectivity index (χ4v) is 2.80. The largest absolute Gasteiger partial charge is 0.394 e. The summed E-state index contributed by atoms with van der Waals surface area (Å²) in [6, 6.07) is -0.703. The first kappa shape index (κ1) is 10.7. The Bertz CT molecular complexity index is 319. The van der Waals surface area contributed by atoms with Crippen molar-refractivity contribution in [3.63, 3.8) is 0 Å². The van der Waals surface area contributed by atoms with E-state index < -0.39 is 36.4 Å². The molecule has 2 aliphatic rings. The molecule has 0 unspecified atom stereocenters. The lowest BCUT2D eigenvalue weighted by molar-refractivity contribution is -0.0643. The molecule has 2 saturated carbocycles. The molecule has 0 spiro atoms. The number of fused-ring (bicyclic) bond motifs is 1. The molecule has 0 heterocycles. The van der Waals surface area contributed by atoms with E-state index in [1.807, 2.05) is 0 Å². The summed E-state index contributed by atoms with van der Waals surface area (Å²) in [5.41, 5.74) is 7.42. The Morgan fingerprint density at radius 2 is 2.20 bits per heavy atom. The molecule has 7 heteroatoms. The number of hydrogen-bond donors (Lipinski definition) is 4. The topological polar surface area (TPSA) is 130 Å². The van der Waals surface area contributed by atoms with Crippen LogP contribution in [0.1, 0.15) is 6.42 Å². The van der Waals surface area contributed by atoms with Crippen LogP contribution in [-0.4, -0.2) is 51.4 Å². The van der Waals surface area contributed by atoms with Gasteiger partial charge < -0.3 is 20.4 Å². The highest BCUT2D eigenvalue weighted by molar-refractivity contribution is 5.24. The van der Waals surface area contributed by atoms with Crippen molar-refractivity contribution < 1.29 is 20.4 Å². The van der Waals surface area contributed by atoms with Crippen LogP contribution in [0.4, 0.5) is 0 Å². The maximum atomic E-state index is 9.75. The number of aliphatic hydroxyl groups is 4. The van der Waals surface area contributed by atoms with Crippen LogP contribution in [0.25, 0.3) is 10.4 Å². The summed E-state index contributed by atoms with van der Waals surface area (Å²) >= 11 is 0. The van der Waals surface area contributed by atoms with Crippen molar-refractivity contribution in [2.45, 2.75) is 30.8 Å². The molecule has 0 radical (unpaired) electrons. The van der Waals surface area contributed by atoms with Crippen LogP contribution in [0.5, 0.6) is 0 Å². The van der Waals surface area contributed by atoms with Crippen LogP contribution in [0.2, 0.25) is 0 Å². The van der Waals surface area contributed by atoms with Crippen molar-refractivity contribution in [2.24, 2.45) is 16.4 Å². The van der Waals surface area contributed by atoms with E-state index in [9.17, 15) is 15.3 Å². The van der Waals surface area contributed by atoms with Crippen molar-refractivity contribution in [3.8, 4) is 0 Å². The molecule has 0 saturated heterocycles. The fraction of sp³-hybridized carbons (Fsp3) is 1.00. The first-order valence-corrected chi connectivity index (χ1v) is 4.79. The molecule has 2 rings (SSSR count). The summed E-state index contributed by atoms with van der Waals surface area (Å²) in [7, 11) is 0. The van der Waals surface area contributed by atoms with Gasteiger partial charge in [0.2, 0.25) is 0 Å². The molecule has 84 valence electrons. The quantitative estimate of drug-likeness (QED) is 0.266. The third kappa shape index (κ3) is 1.18. The number of azide groups is 1. The van der Waals surface area contributed by atoms with Crippen molar-refractivity contribution in [3.05, 3.63) is 10.4 Å². The summed E-state index contributed by atoms with van der Waals surface area (Å²) in [4.78, 5) is 2.61. The average Bonchev–Trinajstić information content (AvgIpc) is 2.94. The Kier molecular flexibility index (Phi) is 2.37. The molecule has 0 aromatic rings. The van der Waals surface area contributed by atoms with E-state index in [1.165, 1.54) is 0 Å². The molecule has 2 fully saturated rings. The second-order valence-corrected chi connectivity index (χ2v) is 4.25. The lowest BCUT2D eigenvalue weighted by atomic mass is 9.93. The zero-order valence-electron chi connectivity index (χ0n) is 7.93. The van der Waals surface area contributed by atoms with Crippen molar-refractivity contribution in [1.82, 2.24) is 0 Å². The van der Waals surface area contributed by atoms with Gasteiger partial charge in [-0.15, -0.1) is 0 Å². The molecule has 0 aromatic carbocycles. The Labute approximate surface area is 85.6 Å². The van der Waals surface area contributed by atoms with Gasteiger partial charge in [0.05, 0.1) is 31.0 Å². The maximum Gasteiger partial charge on any atom is 0.0893 e. The van der Waals surface area contributed by atoms with Gasteiger partial charge in [0.25, 0.3) is 0 Å². The van der Waals surface area contributed by atoms with Crippen molar-refractivity contribution >= 4 is 0 Å². The Morgan fingerprint density at radius 1 is 1.53 bits per heavy atom. The highest BCUT2D eigenvalue weighted by atomic mass is 16.3. The van der Waals surface area contributed by atoms with Gasteiger partial charge in [-0.3, -0.25) is 0 Å². The lowest BCUT2D eigenvalue weighted by Gasteiger charge is -2.25. The Morgan fingerprint density at radius 3 is 2.73 bits per heavy atom. The molecule has 0 bridgehead atoms. The van der Waals surface area contributed by atoms with Crippen LogP contribution in [0, 0.1) is 11.3 Å². The van der Waals surface area contributed by atoms with Crippen LogP contribution < -0.4 is 0 Å². The lowest BCUT2D eigenvalue weighted by Crippen LogP contribution is -2.41. The Hall–Kier alpha value is -0.850. The standard InChI is InChI=1S/C8H13N3O4/c9-11-10-5-3-1-8(3,4(13)2-12)7(15)6(5)14/h3-7,12-15H,1-2H2/t3-,4-,5-,6-,7+,8-/m1/s1. The summed E-state index contributed by atoms with van der Waals surface area (Å²) in [5, 5.41) is 41.2. The van der Waals surface area contributed by atoms with Crippen molar-refractivity contribution in [1.29, 1.82) is 0 Å². The Balaban J connectivity index is 2.24. The predicted octanol–water partition coefficient (Wildman–Crippen LogP) is -1.24. The number of aliphatic hydroxyl groups excluding tert-OH is 4. The first-order valence-electron chi connectivity index (χ1n) is 4.79. The van der Waals surface area contributed by atoms with Crippen molar-refractivity contribution in [2.75, 3.05) is 6.61 Å². The monoisotopic (exact) mass is 215 g/mol. The SMILES string of the molecule is [N-]=[N+]=N[C@H]1[C@@H](O)[C@H](O)[C@]2([C@H](O)CO)C[C@H]12. The predicted molar refractivity (Wildman–Crippen MR) is 48.6 cm³/mol. The number of nitrogens with zero attached hydrogens (tertiary/aromatic N) is 3.